The van der Waals surface area contributed by atoms with Crippen LogP contribution in [0.4, 0.5) is 0 Å². The van der Waals surface area contributed by atoms with Crippen LogP contribution in [0.3, 0.4) is 0 Å². The second-order valence-electron chi connectivity index (χ2n) is 6.50. The van der Waals surface area contributed by atoms with Gasteiger partial charge in [0.2, 0.25) is 0 Å². The van der Waals surface area contributed by atoms with Crippen LogP contribution in [0.2, 0.25) is 0 Å². The molecule has 0 aromatic carbocycles. The van der Waals surface area contributed by atoms with E-state index in [4.69, 9.17) is 16.6 Å². The number of nitrogens with zero attached hydrogens (tertiary/aromatic N) is 5. The number of allylic oxidation sites excluding steroid dienone is 2. The molecule has 23 heavy (non-hydrogen) atoms. The largest absolute Gasteiger partial charge is 0.342 e. The Hall–Kier alpha value is -1.62. The molecule has 3 aliphatic heterocycles. The van der Waals surface area contributed by atoms with Crippen molar-refractivity contribution in [1.29, 1.82) is 0 Å². The van der Waals surface area contributed by atoms with Crippen LogP contribution >= 0.6 is 11.6 Å². The molecule has 122 valence electrons. The summed E-state index contributed by atoms with van der Waals surface area (Å²) in [6.07, 6.45) is 10.3. The fourth-order valence-electron chi connectivity index (χ4n) is 4.15. The van der Waals surface area contributed by atoms with Crippen LogP contribution in [0.1, 0.15) is 58.2 Å². The van der Waals surface area contributed by atoms with Crippen molar-refractivity contribution in [3.05, 3.63) is 29.0 Å². The SMILES string of the molecule is CCC1=C(Cl)N=C2C(=CC1)n1cnnc1C1(CC)CCCCN21. The topological polar surface area (TPSA) is 46.3 Å². The molecule has 1 fully saturated rings. The van der Waals surface area contributed by atoms with E-state index in [1.54, 1.807) is 0 Å². The summed E-state index contributed by atoms with van der Waals surface area (Å²) in [7, 11) is 0. The van der Waals surface area contributed by atoms with Crippen molar-refractivity contribution < 1.29 is 0 Å². The van der Waals surface area contributed by atoms with Crippen LogP contribution in [-0.4, -0.2) is 32.0 Å². The van der Waals surface area contributed by atoms with Gasteiger partial charge >= 0.3 is 0 Å². The fraction of sp³-hybridized carbons (Fsp3) is 0.588. The van der Waals surface area contributed by atoms with Gasteiger partial charge in [-0.15, -0.1) is 10.2 Å². The molecule has 5 nitrogen and oxygen atoms in total. The standard InChI is InChI=1S/C17H22ClN5/c1-3-12-7-8-13-15(20-14(12)18)23-10-6-5-9-17(23,4-2)16-21-19-11-22(13)16/h8,11H,3-7,9-10H2,1-2H3. The van der Waals surface area contributed by atoms with Gasteiger partial charge in [0, 0.05) is 6.54 Å². The molecule has 4 heterocycles. The van der Waals surface area contributed by atoms with E-state index in [9.17, 15) is 0 Å². The highest BCUT2D eigenvalue weighted by Gasteiger charge is 2.49. The van der Waals surface area contributed by atoms with Gasteiger partial charge in [-0.05, 0) is 44.1 Å². The first-order valence-corrected chi connectivity index (χ1v) is 8.94. The number of halogens is 1. The first kappa shape index (κ1) is 14.9. The van der Waals surface area contributed by atoms with Gasteiger partial charge in [-0.1, -0.05) is 31.5 Å². The highest BCUT2D eigenvalue weighted by molar-refractivity contribution is 6.32. The summed E-state index contributed by atoms with van der Waals surface area (Å²) in [6.45, 7) is 5.37. The highest BCUT2D eigenvalue weighted by Crippen LogP contribution is 2.45. The van der Waals surface area contributed by atoms with Crippen LogP contribution in [0.25, 0.3) is 5.70 Å². The lowest BCUT2D eigenvalue weighted by Gasteiger charge is -2.51. The van der Waals surface area contributed by atoms with Crippen molar-refractivity contribution in [2.45, 2.75) is 57.9 Å². The number of piperidine rings is 1. The average Bonchev–Trinajstić information content (AvgIpc) is 3.01. The minimum atomic E-state index is -0.0984. The number of amidine groups is 1. The van der Waals surface area contributed by atoms with Crippen molar-refractivity contribution in [3.63, 3.8) is 0 Å². The molecule has 0 spiro atoms. The molecule has 1 unspecified atom stereocenters. The number of rotatable bonds is 2. The predicted molar refractivity (Wildman–Crippen MR) is 92.0 cm³/mol. The summed E-state index contributed by atoms with van der Waals surface area (Å²) in [5, 5.41) is 9.36. The molecule has 0 radical (unpaired) electrons. The van der Waals surface area contributed by atoms with Gasteiger partial charge < -0.3 is 4.90 Å². The molecule has 0 aliphatic carbocycles. The molecule has 1 aromatic heterocycles. The Labute approximate surface area is 141 Å². The van der Waals surface area contributed by atoms with Crippen LogP contribution in [0.15, 0.2) is 28.1 Å². The average molecular weight is 332 g/mol. The number of hydrogen-bond acceptors (Lipinski definition) is 4. The Morgan fingerprint density at radius 2 is 2.17 bits per heavy atom. The van der Waals surface area contributed by atoms with Crippen LogP contribution in [0.5, 0.6) is 0 Å². The van der Waals surface area contributed by atoms with E-state index in [2.05, 4.69) is 39.6 Å². The quantitative estimate of drug-likeness (QED) is 0.772. The van der Waals surface area contributed by atoms with Crippen molar-refractivity contribution in [1.82, 2.24) is 19.7 Å². The Morgan fingerprint density at radius 3 is 2.96 bits per heavy atom. The lowest BCUT2D eigenvalue weighted by Crippen LogP contribution is -2.57. The van der Waals surface area contributed by atoms with E-state index in [1.807, 2.05) is 6.33 Å². The number of hydrogen-bond donors (Lipinski definition) is 0. The smallest absolute Gasteiger partial charge is 0.163 e. The molecule has 0 amide bonds. The Kier molecular flexibility index (Phi) is 3.56. The number of aromatic nitrogens is 3. The maximum absolute atomic E-state index is 6.52. The van der Waals surface area contributed by atoms with Crippen LogP contribution in [-0.2, 0) is 5.54 Å². The van der Waals surface area contributed by atoms with Crippen molar-refractivity contribution >= 4 is 23.1 Å². The minimum Gasteiger partial charge on any atom is -0.342 e. The molecular weight excluding hydrogens is 310 g/mol. The number of fused-ring (bicyclic) bond motifs is 6. The van der Waals surface area contributed by atoms with Gasteiger partial charge in [-0.2, -0.15) is 0 Å². The van der Waals surface area contributed by atoms with Crippen molar-refractivity contribution in [2.75, 3.05) is 6.54 Å². The second kappa shape index (κ2) is 5.48. The summed E-state index contributed by atoms with van der Waals surface area (Å²) < 4.78 is 2.13. The summed E-state index contributed by atoms with van der Waals surface area (Å²) in [5.74, 6) is 2.05. The summed E-state index contributed by atoms with van der Waals surface area (Å²) >= 11 is 6.52. The fourth-order valence-corrected chi connectivity index (χ4v) is 4.44. The zero-order chi connectivity index (χ0) is 16.0. The normalized spacial score (nSPS) is 26.8. The monoisotopic (exact) mass is 331 g/mol. The molecule has 0 saturated carbocycles. The van der Waals surface area contributed by atoms with Gasteiger partial charge in [0.05, 0.1) is 5.70 Å². The van der Waals surface area contributed by atoms with E-state index < -0.39 is 0 Å². The molecule has 1 saturated heterocycles. The number of aliphatic imine (C=N–C) groups is 1. The molecule has 1 atom stereocenters. The van der Waals surface area contributed by atoms with Crippen molar-refractivity contribution in [2.24, 2.45) is 4.99 Å². The maximum atomic E-state index is 6.52. The van der Waals surface area contributed by atoms with E-state index in [1.165, 1.54) is 18.4 Å². The first-order valence-electron chi connectivity index (χ1n) is 8.56. The maximum Gasteiger partial charge on any atom is 0.163 e. The van der Waals surface area contributed by atoms with Gasteiger partial charge in [0.1, 0.15) is 17.0 Å². The molecule has 1 aromatic rings. The minimum absolute atomic E-state index is 0.0984. The molecule has 0 bridgehead atoms. The lowest BCUT2D eigenvalue weighted by molar-refractivity contribution is 0.0956. The van der Waals surface area contributed by atoms with Gasteiger partial charge in [-0.3, -0.25) is 4.57 Å². The molecule has 6 heteroatoms. The zero-order valence-corrected chi connectivity index (χ0v) is 14.5. The Bertz CT molecular complexity index is 729. The summed E-state index contributed by atoms with van der Waals surface area (Å²) in [4.78, 5) is 7.29. The Morgan fingerprint density at radius 1 is 1.30 bits per heavy atom. The van der Waals surface area contributed by atoms with E-state index in [0.29, 0.717) is 5.16 Å². The third-order valence-electron chi connectivity index (χ3n) is 5.50. The van der Waals surface area contributed by atoms with Crippen LogP contribution < -0.4 is 0 Å². The molecule has 3 aliphatic rings. The zero-order valence-electron chi connectivity index (χ0n) is 13.7. The second-order valence-corrected chi connectivity index (χ2v) is 6.85. The third-order valence-corrected chi connectivity index (χ3v) is 5.85. The molecule has 4 rings (SSSR count). The lowest BCUT2D eigenvalue weighted by atomic mass is 9.81. The van der Waals surface area contributed by atoms with Crippen molar-refractivity contribution in [3.8, 4) is 0 Å². The van der Waals surface area contributed by atoms with E-state index >= 15 is 0 Å². The first-order chi connectivity index (χ1) is 11.2. The van der Waals surface area contributed by atoms with Gasteiger partial charge in [0.25, 0.3) is 0 Å². The summed E-state index contributed by atoms with van der Waals surface area (Å²) in [5.41, 5.74) is 2.17. The third kappa shape index (κ3) is 2.02. The Balaban J connectivity index is 1.96. The van der Waals surface area contributed by atoms with Gasteiger partial charge in [0.15, 0.2) is 11.7 Å². The molecular formula is C17H22ClN5. The van der Waals surface area contributed by atoms with Crippen LogP contribution in [0, 0.1) is 0 Å². The van der Waals surface area contributed by atoms with E-state index in [0.717, 1.165) is 49.6 Å². The predicted octanol–water partition coefficient (Wildman–Crippen LogP) is 3.89. The summed E-state index contributed by atoms with van der Waals surface area (Å²) in [6, 6.07) is 0. The van der Waals surface area contributed by atoms with Gasteiger partial charge in [-0.25, -0.2) is 4.99 Å². The van der Waals surface area contributed by atoms with E-state index in [-0.39, 0.29) is 5.54 Å². The molecule has 0 N–H and O–H groups in total. The highest BCUT2D eigenvalue weighted by atomic mass is 35.5.